The molecule has 0 saturated carbocycles. The van der Waals surface area contributed by atoms with Gasteiger partial charge in [-0.05, 0) is 51.9 Å². The molecule has 4 heterocycles. The number of nitrogens with zero attached hydrogens (tertiary/aromatic N) is 5. The number of aromatic amines is 1. The number of rotatable bonds is 5. The van der Waals surface area contributed by atoms with E-state index in [2.05, 4.69) is 26.3 Å². The lowest BCUT2D eigenvalue weighted by Gasteiger charge is -2.44. The maximum absolute atomic E-state index is 15.8. The van der Waals surface area contributed by atoms with Gasteiger partial charge in [0.25, 0.3) is 5.91 Å². The average molecular weight is 598 g/mol. The molecule has 9 nitrogen and oxygen atoms in total. The molecule has 43 heavy (non-hydrogen) atoms. The van der Waals surface area contributed by atoms with Gasteiger partial charge in [0.2, 0.25) is 5.56 Å². The van der Waals surface area contributed by atoms with Gasteiger partial charge in [0, 0.05) is 67.8 Å². The number of halogens is 4. The first kappa shape index (κ1) is 30.0. The average Bonchev–Trinajstić information content (AvgIpc) is 3.50. The summed E-state index contributed by atoms with van der Waals surface area (Å²) in [4.78, 5) is 37.6. The van der Waals surface area contributed by atoms with Crippen molar-refractivity contribution in [1.82, 2.24) is 14.9 Å². The van der Waals surface area contributed by atoms with Crippen LogP contribution < -0.4 is 20.7 Å². The van der Waals surface area contributed by atoms with E-state index in [0.717, 1.165) is 25.9 Å². The van der Waals surface area contributed by atoms with E-state index in [1.165, 1.54) is 24.4 Å². The standard InChI is InChI=1S/C30H31F4N7O2/c1-17-15-41(16-18(2)39(17)3)26-11-24(31)21(20-8-19(12-35)28(37-13-20)40-6-4-5-7-40)9-25(26)38-29(43)22-14-36-27(42)10-23(22)30(32,33)34/h8-11,13-14,17-18H,4-7,15-16H2,1-3H3,(H,36,42)(H,38,43)/t17-,18+. The number of carbonyl (C=O) groups is 1. The molecule has 2 saturated heterocycles. The van der Waals surface area contributed by atoms with Gasteiger partial charge in [0.15, 0.2) is 0 Å². The summed E-state index contributed by atoms with van der Waals surface area (Å²) in [5.74, 6) is -1.27. The number of hydrogen-bond acceptors (Lipinski definition) is 7. The highest BCUT2D eigenvalue weighted by Crippen LogP contribution is 2.38. The normalized spacial score (nSPS) is 19.4. The van der Waals surface area contributed by atoms with E-state index >= 15 is 4.39 Å². The molecule has 2 aliphatic heterocycles. The summed E-state index contributed by atoms with van der Waals surface area (Å²) >= 11 is 0. The minimum absolute atomic E-state index is 0.0174. The van der Waals surface area contributed by atoms with E-state index in [1.807, 2.05) is 30.7 Å². The predicted octanol–water partition coefficient (Wildman–Crippen LogP) is 4.85. The van der Waals surface area contributed by atoms with Crippen LogP contribution in [0.1, 0.15) is 48.2 Å². The lowest BCUT2D eigenvalue weighted by Crippen LogP contribution is -2.55. The number of benzene rings is 1. The van der Waals surface area contributed by atoms with Crippen LogP contribution in [0.25, 0.3) is 11.1 Å². The van der Waals surface area contributed by atoms with Crippen LogP contribution in [0.15, 0.2) is 41.5 Å². The third-order valence-corrected chi connectivity index (χ3v) is 8.21. The van der Waals surface area contributed by atoms with Crippen molar-refractivity contribution in [2.45, 2.75) is 44.9 Å². The van der Waals surface area contributed by atoms with Crippen molar-refractivity contribution in [3.05, 3.63) is 69.5 Å². The van der Waals surface area contributed by atoms with Crippen molar-refractivity contribution in [2.24, 2.45) is 0 Å². The van der Waals surface area contributed by atoms with Gasteiger partial charge in [0.05, 0.1) is 28.1 Å². The monoisotopic (exact) mass is 597 g/mol. The van der Waals surface area contributed by atoms with Crippen molar-refractivity contribution in [2.75, 3.05) is 48.3 Å². The molecule has 0 unspecified atom stereocenters. The number of piperazine rings is 1. The van der Waals surface area contributed by atoms with Crippen LogP contribution in [-0.2, 0) is 6.18 Å². The molecule has 0 radical (unpaired) electrons. The Kier molecular flexibility index (Phi) is 8.16. The molecule has 2 N–H and O–H groups in total. The van der Waals surface area contributed by atoms with E-state index in [-0.39, 0.29) is 34.5 Å². The molecule has 3 aromatic rings. The molecule has 5 rings (SSSR count). The Balaban J connectivity index is 1.60. The fourth-order valence-electron chi connectivity index (χ4n) is 5.70. The number of amides is 1. The Morgan fingerprint density at radius 1 is 1.09 bits per heavy atom. The Bertz CT molecular complexity index is 1630. The molecule has 13 heteroatoms. The summed E-state index contributed by atoms with van der Waals surface area (Å²) in [6.45, 7) is 6.45. The number of anilines is 3. The van der Waals surface area contributed by atoms with Gasteiger partial charge in [-0.15, -0.1) is 0 Å². The van der Waals surface area contributed by atoms with Crippen LogP contribution in [0.2, 0.25) is 0 Å². The molecule has 0 spiro atoms. The van der Waals surface area contributed by atoms with Crippen molar-refractivity contribution >= 4 is 23.1 Å². The van der Waals surface area contributed by atoms with Gasteiger partial charge in [0.1, 0.15) is 17.7 Å². The second-order valence-electron chi connectivity index (χ2n) is 11.1. The summed E-state index contributed by atoms with van der Waals surface area (Å²) in [6.07, 6.45) is -0.853. The zero-order valence-electron chi connectivity index (χ0n) is 23.9. The van der Waals surface area contributed by atoms with Crippen molar-refractivity contribution in [3.63, 3.8) is 0 Å². The molecular formula is C30H31F4N7O2. The summed E-state index contributed by atoms with van der Waals surface area (Å²) in [7, 11) is 1.97. The Morgan fingerprint density at radius 3 is 2.40 bits per heavy atom. The fraction of sp³-hybridized carbons (Fsp3) is 0.400. The maximum Gasteiger partial charge on any atom is 0.417 e. The van der Waals surface area contributed by atoms with E-state index in [4.69, 9.17) is 0 Å². The number of nitriles is 1. The molecular weight excluding hydrogens is 566 g/mol. The minimum Gasteiger partial charge on any atom is -0.367 e. The Hall–Kier alpha value is -4.44. The maximum atomic E-state index is 15.8. The summed E-state index contributed by atoms with van der Waals surface area (Å²) in [5.41, 5.74) is -2.26. The molecule has 2 fully saturated rings. The van der Waals surface area contributed by atoms with Crippen LogP contribution in [0, 0.1) is 17.1 Å². The quantitative estimate of drug-likeness (QED) is 0.405. The van der Waals surface area contributed by atoms with E-state index in [1.54, 1.807) is 0 Å². The van der Waals surface area contributed by atoms with E-state index in [0.29, 0.717) is 36.9 Å². The van der Waals surface area contributed by atoms with Gasteiger partial charge >= 0.3 is 6.18 Å². The first-order valence-electron chi connectivity index (χ1n) is 13.9. The van der Waals surface area contributed by atoms with Crippen LogP contribution in [0.3, 0.4) is 0 Å². The number of hydrogen-bond donors (Lipinski definition) is 2. The first-order chi connectivity index (χ1) is 20.4. The number of pyridine rings is 2. The summed E-state index contributed by atoms with van der Waals surface area (Å²) in [6, 6.07) is 6.69. The van der Waals surface area contributed by atoms with Gasteiger partial charge < -0.3 is 20.1 Å². The zero-order chi connectivity index (χ0) is 31.1. The lowest BCUT2D eigenvalue weighted by atomic mass is 10.0. The van der Waals surface area contributed by atoms with Crippen molar-refractivity contribution < 1.29 is 22.4 Å². The van der Waals surface area contributed by atoms with Crippen LogP contribution >= 0.6 is 0 Å². The van der Waals surface area contributed by atoms with Crippen LogP contribution in [0.5, 0.6) is 0 Å². The number of aromatic nitrogens is 2. The van der Waals surface area contributed by atoms with Crippen molar-refractivity contribution in [3.8, 4) is 17.2 Å². The van der Waals surface area contributed by atoms with Gasteiger partial charge in [-0.3, -0.25) is 14.5 Å². The van der Waals surface area contributed by atoms with E-state index in [9.17, 15) is 28.0 Å². The third-order valence-electron chi connectivity index (χ3n) is 8.21. The summed E-state index contributed by atoms with van der Waals surface area (Å²) in [5, 5.41) is 12.4. The molecule has 2 aliphatic rings. The van der Waals surface area contributed by atoms with E-state index < -0.39 is 34.6 Å². The van der Waals surface area contributed by atoms with Gasteiger partial charge in [-0.2, -0.15) is 18.4 Å². The predicted molar refractivity (Wildman–Crippen MR) is 155 cm³/mol. The topological polar surface area (TPSA) is 108 Å². The second kappa shape index (κ2) is 11.7. The zero-order valence-corrected chi connectivity index (χ0v) is 23.9. The fourth-order valence-corrected chi connectivity index (χ4v) is 5.70. The molecule has 2 atom stereocenters. The number of alkyl halides is 3. The minimum atomic E-state index is -4.96. The molecule has 0 bridgehead atoms. The molecule has 2 aromatic heterocycles. The highest BCUT2D eigenvalue weighted by molar-refractivity contribution is 6.07. The highest BCUT2D eigenvalue weighted by atomic mass is 19.4. The SMILES string of the molecule is C[C@@H]1CN(c2cc(F)c(-c3cnc(N4CCCC4)c(C#N)c3)cc2NC(=O)c2c[nH]c(=O)cc2C(F)(F)F)C[C@H](C)N1C. The number of likely N-dealkylation sites (N-methyl/N-ethyl adjacent to an activating group) is 1. The smallest absolute Gasteiger partial charge is 0.367 e. The Morgan fingerprint density at radius 2 is 1.77 bits per heavy atom. The van der Waals surface area contributed by atoms with Crippen LogP contribution in [-0.4, -0.2) is 66.1 Å². The molecule has 0 aliphatic carbocycles. The largest absolute Gasteiger partial charge is 0.417 e. The van der Waals surface area contributed by atoms with Crippen LogP contribution in [0.4, 0.5) is 34.8 Å². The molecule has 226 valence electrons. The highest BCUT2D eigenvalue weighted by Gasteiger charge is 2.36. The molecule has 1 aromatic carbocycles. The van der Waals surface area contributed by atoms with Gasteiger partial charge in [-0.25, -0.2) is 9.37 Å². The first-order valence-corrected chi connectivity index (χ1v) is 13.9. The summed E-state index contributed by atoms with van der Waals surface area (Å²) < 4.78 is 57.1. The Labute approximate surface area is 245 Å². The number of H-pyrrole nitrogens is 1. The number of nitrogens with one attached hydrogen (secondary N) is 2. The van der Waals surface area contributed by atoms with Gasteiger partial charge in [-0.1, -0.05) is 0 Å². The second-order valence-corrected chi connectivity index (χ2v) is 11.1. The number of carbonyl (C=O) groups excluding carboxylic acids is 1. The van der Waals surface area contributed by atoms with Crippen molar-refractivity contribution in [1.29, 1.82) is 5.26 Å². The lowest BCUT2D eigenvalue weighted by molar-refractivity contribution is -0.138. The third kappa shape index (κ3) is 6.06. The molecule has 1 amide bonds.